The predicted octanol–water partition coefficient (Wildman–Crippen LogP) is 1.04. The molecule has 1 aromatic heterocycles. The molecule has 0 aliphatic carbocycles. The Morgan fingerprint density at radius 3 is 2.47 bits per heavy atom. The Balaban J connectivity index is 2.81. The van der Waals surface area contributed by atoms with Crippen LogP contribution in [0.3, 0.4) is 0 Å². The second-order valence-electron chi connectivity index (χ2n) is 2.93. The molecule has 2 rings (SSSR count). The maximum absolute atomic E-state index is 10.9. The number of benzene rings is 1. The lowest BCUT2D eigenvalue weighted by Gasteiger charge is -1.98. The van der Waals surface area contributed by atoms with Gasteiger partial charge in [0.2, 0.25) is 0 Å². The fraction of sp³-hybridized carbons (Fsp3) is 0. The second kappa shape index (κ2) is 3.18. The third-order valence-corrected chi connectivity index (χ3v) is 2.74. The summed E-state index contributed by atoms with van der Waals surface area (Å²) in [4.78, 5) is 10.6. The van der Waals surface area contributed by atoms with Crippen molar-refractivity contribution in [3.63, 3.8) is 0 Å². The van der Waals surface area contributed by atoms with Gasteiger partial charge in [0.05, 0.1) is 4.90 Å². The highest BCUT2D eigenvalue weighted by atomic mass is 32.2. The normalized spacial score (nSPS) is 11.8. The topological polar surface area (TPSA) is 84.6 Å². The summed E-state index contributed by atoms with van der Waals surface area (Å²) < 4.78 is 35.1. The van der Waals surface area contributed by atoms with Crippen LogP contribution in [0.15, 0.2) is 44.4 Å². The van der Waals surface area contributed by atoms with Crippen LogP contribution in [0.1, 0.15) is 0 Å². The van der Waals surface area contributed by atoms with E-state index < -0.39 is 15.7 Å². The monoisotopic (exact) mass is 226 g/mol. The summed E-state index contributed by atoms with van der Waals surface area (Å²) >= 11 is 0. The fourth-order valence-electron chi connectivity index (χ4n) is 1.20. The molecule has 0 spiro atoms. The van der Waals surface area contributed by atoms with Gasteiger partial charge < -0.3 is 4.42 Å². The minimum absolute atomic E-state index is 0.123. The largest absolute Gasteiger partial charge is 0.423 e. The minimum atomic E-state index is -4.27. The van der Waals surface area contributed by atoms with Crippen LogP contribution in [0.2, 0.25) is 0 Å². The Morgan fingerprint density at radius 2 is 1.80 bits per heavy atom. The van der Waals surface area contributed by atoms with E-state index in [0.29, 0.717) is 5.39 Å². The van der Waals surface area contributed by atoms with Gasteiger partial charge in [0.15, 0.2) is 0 Å². The molecule has 0 bridgehead atoms. The predicted molar refractivity (Wildman–Crippen MR) is 52.3 cm³/mol. The molecule has 0 atom stereocenters. The maximum atomic E-state index is 10.9. The Morgan fingerprint density at radius 1 is 1.13 bits per heavy atom. The molecule has 6 heteroatoms. The maximum Gasteiger partial charge on any atom is 0.336 e. The highest BCUT2D eigenvalue weighted by Crippen LogP contribution is 2.17. The summed E-state index contributed by atoms with van der Waals surface area (Å²) in [7, 11) is -4.27. The standard InChI is InChI=1S/C9H6O5S/c10-9-4-2-6-1-3-7(15(11,12)13)5-8(6)14-9/h1-5H,(H,11,12,13). The zero-order chi connectivity index (χ0) is 11.1. The first-order valence-electron chi connectivity index (χ1n) is 3.98. The summed E-state index contributed by atoms with van der Waals surface area (Å²) in [6, 6.07) is 6.52. The van der Waals surface area contributed by atoms with Crippen molar-refractivity contribution in [2.75, 3.05) is 0 Å². The molecule has 1 aromatic carbocycles. The van der Waals surface area contributed by atoms with E-state index in [9.17, 15) is 13.2 Å². The summed E-state index contributed by atoms with van der Waals surface area (Å²) in [6.45, 7) is 0. The van der Waals surface area contributed by atoms with Crippen LogP contribution in [0.4, 0.5) is 0 Å². The Hall–Kier alpha value is -1.66. The van der Waals surface area contributed by atoms with E-state index in [1.54, 1.807) is 0 Å². The van der Waals surface area contributed by atoms with Gasteiger partial charge in [0.1, 0.15) is 5.58 Å². The molecule has 0 aliphatic rings. The molecule has 0 saturated carbocycles. The quantitative estimate of drug-likeness (QED) is 0.580. The smallest absolute Gasteiger partial charge is 0.336 e. The van der Waals surface area contributed by atoms with Gasteiger partial charge in [-0.3, -0.25) is 4.55 Å². The zero-order valence-electron chi connectivity index (χ0n) is 7.38. The Labute approximate surface area is 84.7 Å². The molecule has 15 heavy (non-hydrogen) atoms. The number of hydrogen-bond acceptors (Lipinski definition) is 4. The van der Waals surface area contributed by atoms with E-state index in [2.05, 4.69) is 0 Å². The van der Waals surface area contributed by atoms with Crippen molar-refractivity contribution in [2.24, 2.45) is 0 Å². The van der Waals surface area contributed by atoms with E-state index in [0.717, 1.165) is 6.07 Å². The third-order valence-electron chi connectivity index (χ3n) is 1.89. The summed E-state index contributed by atoms with van der Waals surface area (Å²) in [5.41, 5.74) is -0.451. The van der Waals surface area contributed by atoms with E-state index in [1.807, 2.05) is 0 Å². The van der Waals surface area contributed by atoms with Crippen LogP contribution >= 0.6 is 0 Å². The number of hydrogen-bond donors (Lipinski definition) is 1. The molecule has 0 aliphatic heterocycles. The second-order valence-corrected chi connectivity index (χ2v) is 4.35. The molecule has 0 unspecified atom stereocenters. The molecule has 1 N–H and O–H groups in total. The molecule has 1 heterocycles. The molecule has 0 fully saturated rings. The van der Waals surface area contributed by atoms with Crippen molar-refractivity contribution in [1.82, 2.24) is 0 Å². The Kier molecular flexibility index (Phi) is 2.09. The first-order valence-corrected chi connectivity index (χ1v) is 5.42. The molecule has 78 valence electrons. The Bertz CT molecular complexity index is 668. The van der Waals surface area contributed by atoms with E-state index in [1.165, 1.54) is 24.3 Å². The van der Waals surface area contributed by atoms with Gasteiger partial charge in [-0.25, -0.2) is 4.79 Å². The summed E-state index contributed by atoms with van der Waals surface area (Å²) in [5, 5.41) is 0.585. The van der Waals surface area contributed by atoms with Crippen molar-refractivity contribution in [1.29, 1.82) is 0 Å². The number of rotatable bonds is 1. The van der Waals surface area contributed by atoms with E-state index in [-0.39, 0.29) is 10.5 Å². The lowest BCUT2D eigenvalue weighted by Crippen LogP contribution is -1.99. The summed E-state index contributed by atoms with van der Waals surface area (Å²) in [6.07, 6.45) is 0. The van der Waals surface area contributed by atoms with Gasteiger partial charge in [0, 0.05) is 17.5 Å². The van der Waals surface area contributed by atoms with Gasteiger partial charge in [-0.05, 0) is 18.2 Å². The van der Waals surface area contributed by atoms with E-state index >= 15 is 0 Å². The highest BCUT2D eigenvalue weighted by molar-refractivity contribution is 7.85. The first-order chi connectivity index (χ1) is 6.97. The van der Waals surface area contributed by atoms with Crippen LogP contribution in [0.25, 0.3) is 11.0 Å². The van der Waals surface area contributed by atoms with Crippen molar-refractivity contribution >= 4 is 21.1 Å². The lowest BCUT2D eigenvalue weighted by atomic mass is 10.2. The van der Waals surface area contributed by atoms with Gasteiger partial charge in [0.25, 0.3) is 10.1 Å². The third kappa shape index (κ3) is 1.90. The highest BCUT2D eigenvalue weighted by Gasteiger charge is 2.10. The molecular weight excluding hydrogens is 220 g/mol. The van der Waals surface area contributed by atoms with Crippen LogP contribution < -0.4 is 5.63 Å². The molecule has 5 nitrogen and oxygen atoms in total. The van der Waals surface area contributed by atoms with Crippen molar-refractivity contribution in [2.45, 2.75) is 4.90 Å². The number of fused-ring (bicyclic) bond motifs is 1. The van der Waals surface area contributed by atoms with Crippen molar-refractivity contribution in [3.8, 4) is 0 Å². The van der Waals surface area contributed by atoms with Crippen molar-refractivity contribution in [3.05, 3.63) is 40.8 Å². The lowest BCUT2D eigenvalue weighted by molar-refractivity contribution is 0.482. The van der Waals surface area contributed by atoms with Gasteiger partial charge in [-0.1, -0.05) is 0 Å². The zero-order valence-corrected chi connectivity index (χ0v) is 8.19. The minimum Gasteiger partial charge on any atom is -0.423 e. The molecule has 2 aromatic rings. The van der Waals surface area contributed by atoms with Gasteiger partial charge in [-0.2, -0.15) is 8.42 Å². The fourth-order valence-corrected chi connectivity index (χ4v) is 1.70. The molecule has 0 amide bonds. The van der Waals surface area contributed by atoms with Crippen LogP contribution in [-0.4, -0.2) is 13.0 Å². The molecule has 0 radical (unpaired) electrons. The summed E-state index contributed by atoms with van der Waals surface area (Å²) in [5.74, 6) is 0. The van der Waals surface area contributed by atoms with Crippen LogP contribution in [0, 0.1) is 0 Å². The molecular formula is C9H6O5S. The van der Waals surface area contributed by atoms with Crippen LogP contribution in [-0.2, 0) is 10.1 Å². The van der Waals surface area contributed by atoms with Crippen molar-refractivity contribution < 1.29 is 17.4 Å². The van der Waals surface area contributed by atoms with Gasteiger partial charge >= 0.3 is 5.63 Å². The van der Waals surface area contributed by atoms with Crippen LogP contribution in [0.5, 0.6) is 0 Å². The molecule has 0 saturated heterocycles. The average Bonchev–Trinajstić information content (AvgIpc) is 2.15. The van der Waals surface area contributed by atoms with Gasteiger partial charge in [-0.15, -0.1) is 0 Å². The first kappa shape index (κ1) is 9.88. The SMILES string of the molecule is O=c1ccc2ccc(S(=O)(=O)O)cc2o1. The van der Waals surface area contributed by atoms with E-state index in [4.69, 9.17) is 8.97 Å². The average molecular weight is 226 g/mol.